The zero-order valence-electron chi connectivity index (χ0n) is 16.8. The second-order valence-electron chi connectivity index (χ2n) is 7.45. The summed E-state index contributed by atoms with van der Waals surface area (Å²) < 4.78 is 20.2. The van der Waals surface area contributed by atoms with Crippen LogP contribution in [0.4, 0.5) is 9.52 Å². The Morgan fingerprint density at radius 3 is 2.59 bits per heavy atom. The van der Waals surface area contributed by atoms with Gasteiger partial charge in [-0.1, -0.05) is 35.1 Å². The number of carboxylic acid groups (broad SMARTS) is 1. The average molecular weight is 476 g/mol. The van der Waals surface area contributed by atoms with Crippen LogP contribution in [0.15, 0.2) is 42.5 Å². The van der Waals surface area contributed by atoms with Crippen molar-refractivity contribution in [1.29, 1.82) is 0 Å². The summed E-state index contributed by atoms with van der Waals surface area (Å²) in [6.07, 6.45) is 1.85. The van der Waals surface area contributed by atoms with Crippen molar-refractivity contribution < 1.29 is 23.8 Å². The first-order valence-electron chi connectivity index (χ1n) is 9.99. The molecule has 1 fully saturated rings. The fourth-order valence-corrected chi connectivity index (χ4v) is 4.45. The Morgan fingerprint density at radius 2 is 1.91 bits per heavy atom. The minimum atomic E-state index is -0.805. The van der Waals surface area contributed by atoms with Gasteiger partial charge in [-0.05, 0) is 56.0 Å². The molecule has 3 aromatic rings. The molecule has 0 aliphatic heterocycles. The lowest BCUT2D eigenvalue weighted by Crippen LogP contribution is -2.28. The van der Waals surface area contributed by atoms with Crippen LogP contribution in [0.5, 0.6) is 5.75 Å². The van der Waals surface area contributed by atoms with Crippen molar-refractivity contribution in [2.45, 2.75) is 31.8 Å². The van der Waals surface area contributed by atoms with Crippen molar-refractivity contribution in [3.8, 4) is 16.3 Å². The molecule has 166 valence electrons. The zero-order chi connectivity index (χ0) is 22.7. The van der Waals surface area contributed by atoms with E-state index in [-0.39, 0.29) is 28.5 Å². The maximum absolute atomic E-state index is 14.5. The van der Waals surface area contributed by atoms with Gasteiger partial charge < -0.3 is 9.84 Å². The highest BCUT2D eigenvalue weighted by Crippen LogP contribution is 2.30. The van der Waals surface area contributed by atoms with E-state index in [1.54, 1.807) is 18.2 Å². The quantitative estimate of drug-likeness (QED) is 0.503. The van der Waals surface area contributed by atoms with E-state index in [9.17, 15) is 14.0 Å². The van der Waals surface area contributed by atoms with Gasteiger partial charge >= 0.3 is 5.97 Å². The molecule has 2 N–H and O–H groups in total. The number of aromatic nitrogens is 2. The molecule has 10 heteroatoms. The van der Waals surface area contributed by atoms with Gasteiger partial charge in [0.25, 0.3) is 5.91 Å². The molecule has 0 spiro atoms. The monoisotopic (exact) mass is 475 g/mol. The maximum Gasteiger partial charge on any atom is 0.306 e. The van der Waals surface area contributed by atoms with Crippen molar-refractivity contribution in [2.24, 2.45) is 5.92 Å². The standard InChI is InChI=1S/C22H19ClFN3O4S/c23-15-3-1-2-14(10-15)20-26-27-22(32-20)25-19(28)13-6-9-18(17(24)11-13)31-16-7-4-12(5-8-16)21(29)30/h1-3,6,9-12,16H,4-5,7-8H2,(H,29,30)(H,25,27,28)/t12-,16+. The van der Waals surface area contributed by atoms with Crippen molar-refractivity contribution in [1.82, 2.24) is 10.2 Å². The predicted molar refractivity (Wildman–Crippen MR) is 119 cm³/mol. The second-order valence-corrected chi connectivity index (χ2v) is 8.87. The third kappa shape index (κ3) is 5.23. The number of nitrogens with one attached hydrogen (secondary N) is 1. The normalized spacial score (nSPS) is 18.2. The molecule has 1 aliphatic rings. The second kappa shape index (κ2) is 9.62. The van der Waals surface area contributed by atoms with E-state index in [1.165, 1.54) is 23.5 Å². The molecule has 0 bridgehead atoms. The third-order valence-corrected chi connectivity index (χ3v) is 6.35. The lowest BCUT2D eigenvalue weighted by molar-refractivity contribution is -0.143. The Hall–Kier alpha value is -3.04. The molecule has 0 saturated heterocycles. The van der Waals surface area contributed by atoms with Gasteiger partial charge in [0.2, 0.25) is 5.13 Å². The van der Waals surface area contributed by atoms with E-state index < -0.39 is 17.7 Å². The summed E-state index contributed by atoms with van der Waals surface area (Å²) in [6.45, 7) is 0. The number of ether oxygens (including phenoxy) is 1. The largest absolute Gasteiger partial charge is 0.487 e. The van der Waals surface area contributed by atoms with E-state index in [0.717, 1.165) is 11.6 Å². The van der Waals surface area contributed by atoms with E-state index in [1.807, 2.05) is 6.07 Å². The molecule has 1 amide bonds. The number of nitrogens with zero attached hydrogens (tertiary/aromatic N) is 2. The number of anilines is 1. The molecule has 32 heavy (non-hydrogen) atoms. The zero-order valence-corrected chi connectivity index (χ0v) is 18.3. The SMILES string of the molecule is O=C(Nc1nnc(-c2cccc(Cl)c2)s1)c1ccc(O[C@H]2CC[C@@H](C(=O)O)CC2)c(F)c1. The molecular formula is C22H19ClFN3O4S. The van der Waals surface area contributed by atoms with Crippen LogP contribution in [-0.4, -0.2) is 33.3 Å². The first-order chi connectivity index (χ1) is 15.4. The van der Waals surface area contributed by atoms with Crippen LogP contribution >= 0.6 is 22.9 Å². The Morgan fingerprint density at radius 1 is 1.12 bits per heavy atom. The molecular weight excluding hydrogens is 457 g/mol. The van der Waals surface area contributed by atoms with Crippen LogP contribution in [-0.2, 0) is 4.79 Å². The van der Waals surface area contributed by atoms with Gasteiger partial charge in [0.05, 0.1) is 12.0 Å². The summed E-state index contributed by atoms with van der Waals surface area (Å²) >= 11 is 7.17. The molecule has 0 atom stereocenters. The number of rotatable bonds is 6. The first kappa shape index (κ1) is 22.2. The number of carbonyl (C=O) groups is 2. The molecule has 2 aromatic carbocycles. The smallest absolute Gasteiger partial charge is 0.306 e. The van der Waals surface area contributed by atoms with Crippen molar-refractivity contribution in [3.63, 3.8) is 0 Å². The Balaban J connectivity index is 1.38. The maximum atomic E-state index is 14.5. The van der Waals surface area contributed by atoms with E-state index >= 15 is 0 Å². The molecule has 7 nitrogen and oxygen atoms in total. The van der Waals surface area contributed by atoms with Crippen LogP contribution < -0.4 is 10.1 Å². The minimum Gasteiger partial charge on any atom is -0.487 e. The molecule has 0 unspecified atom stereocenters. The van der Waals surface area contributed by atoms with Gasteiger partial charge in [-0.25, -0.2) is 4.39 Å². The highest BCUT2D eigenvalue weighted by molar-refractivity contribution is 7.18. The number of carboxylic acids is 1. The number of carbonyl (C=O) groups excluding carboxylic acids is 1. The Kier molecular flexibility index (Phi) is 6.66. The van der Waals surface area contributed by atoms with Crippen molar-refractivity contribution in [3.05, 3.63) is 58.9 Å². The van der Waals surface area contributed by atoms with Gasteiger partial charge in [0.15, 0.2) is 11.6 Å². The van der Waals surface area contributed by atoms with Crippen LogP contribution in [0.1, 0.15) is 36.0 Å². The van der Waals surface area contributed by atoms with Crippen LogP contribution in [0, 0.1) is 11.7 Å². The summed E-state index contributed by atoms with van der Waals surface area (Å²) in [6, 6.07) is 11.1. The summed E-state index contributed by atoms with van der Waals surface area (Å²) in [5.41, 5.74) is 0.893. The molecule has 1 aliphatic carbocycles. The van der Waals surface area contributed by atoms with Crippen LogP contribution in [0.3, 0.4) is 0 Å². The molecule has 4 rings (SSSR count). The summed E-state index contributed by atoms with van der Waals surface area (Å²) in [4.78, 5) is 23.6. The number of benzene rings is 2. The Bertz CT molecular complexity index is 1150. The highest BCUT2D eigenvalue weighted by Gasteiger charge is 2.27. The van der Waals surface area contributed by atoms with Crippen LogP contribution in [0.2, 0.25) is 5.02 Å². The number of hydrogen-bond donors (Lipinski definition) is 2. The number of halogens is 2. The summed E-state index contributed by atoms with van der Waals surface area (Å²) in [7, 11) is 0. The average Bonchev–Trinajstić information content (AvgIpc) is 3.24. The summed E-state index contributed by atoms with van der Waals surface area (Å²) in [5.74, 6) is -2.31. The minimum absolute atomic E-state index is 0.0412. The fourth-order valence-electron chi connectivity index (χ4n) is 3.53. The first-order valence-corrected chi connectivity index (χ1v) is 11.2. The molecule has 1 heterocycles. The third-order valence-electron chi connectivity index (χ3n) is 5.23. The van der Waals surface area contributed by atoms with Gasteiger partial charge in [-0.2, -0.15) is 0 Å². The Labute approximate surface area is 192 Å². The van der Waals surface area contributed by atoms with E-state index in [4.69, 9.17) is 21.4 Å². The molecule has 1 aromatic heterocycles. The highest BCUT2D eigenvalue weighted by atomic mass is 35.5. The van der Waals surface area contributed by atoms with Crippen molar-refractivity contribution >= 4 is 39.9 Å². The number of amides is 1. The lowest BCUT2D eigenvalue weighted by atomic mass is 9.87. The number of hydrogen-bond acceptors (Lipinski definition) is 6. The predicted octanol–water partition coefficient (Wildman–Crippen LogP) is 5.27. The summed E-state index contributed by atoms with van der Waals surface area (Å²) in [5, 5.41) is 21.1. The molecule has 1 saturated carbocycles. The van der Waals surface area contributed by atoms with Crippen molar-refractivity contribution in [2.75, 3.05) is 5.32 Å². The van der Waals surface area contributed by atoms with Gasteiger partial charge in [0.1, 0.15) is 5.01 Å². The van der Waals surface area contributed by atoms with E-state index in [0.29, 0.717) is 35.7 Å². The topological polar surface area (TPSA) is 101 Å². The fraction of sp³-hybridized carbons (Fsp3) is 0.273. The number of aliphatic carboxylic acids is 1. The van der Waals surface area contributed by atoms with Crippen LogP contribution in [0.25, 0.3) is 10.6 Å². The molecule has 0 radical (unpaired) electrons. The lowest BCUT2D eigenvalue weighted by Gasteiger charge is -2.26. The van der Waals surface area contributed by atoms with Gasteiger partial charge in [-0.3, -0.25) is 14.9 Å². The van der Waals surface area contributed by atoms with E-state index in [2.05, 4.69) is 15.5 Å². The van der Waals surface area contributed by atoms with Gasteiger partial charge in [0, 0.05) is 16.1 Å². The van der Waals surface area contributed by atoms with Gasteiger partial charge in [-0.15, -0.1) is 10.2 Å².